The summed E-state index contributed by atoms with van der Waals surface area (Å²) in [6.45, 7) is 8.60. The van der Waals surface area contributed by atoms with Gasteiger partial charge < -0.3 is 0 Å². The fourth-order valence-electron chi connectivity index (χ4n) is 1.62. The first-order chi connectivity index (χ1) is 5.00. The van der Waals surface area contributed by atoms with Gasteiger partial charge in [0.25, 0.3) is 0 Å². The molecule has 0 aromatic carbocycles. The minimum atomic E-state index is 0.421. The number of hydrogen-bond acceptors (Lipinski definition) is 1. The van der Waals surface area contributed by atoms with Crippen LogP contribution in [0.25, 0.3) is 0 Å². The largest absolute Gasteiger partial charge is 0.298 e. The normalized spacial score (nSPS) is 35.1. The maximum absolute atomic E-state index is 10.3. The minimum absolute atomic E-state index is 0.421. The van der Waals surface area contributed by atoms with Crippen LogP contribution < -0.4 is 0 Å². The van der Waals surface area contributed by atoms with Gasteiger partial charge >= 0.3 is 0 Å². The van der Waals surface area contributed by atoms with Crippen molar-refractivity contribution in [2.45, 2.75) is 27.7 Å². The van der Waals surface area contributed by atoms with Crippen LogP contribution in [0.5, 0.6) is 0 Å². The van der Waals surface area contributed by atoms with Crippen LogP contribution >= 0.6 is 0 Å². The lowest BCUT2D eigenvalue weighted by atomic mass is 10.1. The summed E-state index contributed by atoms with van der Waals surface area (Å²) in [5.41, 5.74) is 1.29. The van der Waals surface area contributed by atoms with Gasteiger partial charge in [0.15, 0.2) is 0 Å². The Hall–Kier alpha value is -0.590. The maximum atomic E-state index is 10.3. The third kappa shape index (κ3) is 1.37. The first kappa shape index (κ1) is 8.51. The standard InChI is InChI=1S/C10H16O/c1-7(6-11)5-9-8(2)10(9,3)4/h5-6,8-9H,1-4H3/b7-5+. The zero-order valence-electron chi connectivity index (χ0n) is 7.72. The van der Waals surface area contributed by atoms with E-state index < -0.39 is 0 Å². The molecular weight excluding hydrogens is 136 g/mol. The lowest BCUT2D eigenvalue weighted by Gasteiger charge is -1.96. The van der Waals surface area contributed by atoms with E-state index in [1.54, 1.807) is 0 Å². The van der Waals surface area contributed by atoms with Gasteiger partial charge in [-0.05, 0) is 29.7 Å². The summed E-state index contributed by atoms with van der Waals surface area (Å²) < 4.78 is 0. The Morgan fingerprint density at radius 2 is 1.91 bits per heavy atom. The monoisotopic (exact) mass is 152 g/mol. The van der Waals surface area contributed by atoms with Crippen LogP contribution in [-0.4, -0.2) is 6.29 Å². The van der Waals surface area contributed by atoms with Crippen molar-refractivity contribution in [3.8, 4) is 0 Å². The van der Waals surface area contributed by atoms with Crippen LogP contribution in [0.15, 0.2) is 11.6 Å². The van der Waals surface area contributed by atoms with Gasteiger partial charge in [0, 0.05) is 0 Å². The highest BCUT2D eigenvalue weighted by Crippen LogP contribution is 2.58. The summed E-state index contributed by atoms with van der Waals surface area (Å²) in [4.78, 5) is 10.3. The van der Waals surface area contributed by atoms with E-state index in [0.717, 1.165) is 17.8 Å². The summed E-state index contributed by atoms with van der Waals surface area (Å²) in [6.07, 6.45) is 3.03. The van der Waals surface area contributed by atoms with Crippen LogP contribution in [0.2, 0.25) is 0 Å². The van der Waals surface area contributed by atoms with Gasteiger partial charge in [0.05, 0.1) is 0 Å². The van der Waals surface area contributed by atoms with Gasteiger partial charge in [-0.2, -0.15) is 0 Å². The quantitative estimate of drug-likeness (QED) is 0.438. The molecule has 0 heterocycles. The van der Waals surface area contributed by atoms with Gasteiger partial charge in [-0.1, -0.05) is 26.8 Å². The molecule has 1 fully saturated rings. The zero-order valence-corrected chi connectivity index (χ0v) is 7.72. The van der Waals surface area contributed by atoms with Crippen molar-refractivity contribution < 1.29 is 4.79 Å². The number of rotatable bonds is 2. The maximum Gasteiger partial charge on any atom is 0.145 e. The van der Waals surface area contributed by atoms with Crippen molar-refractivity contribution in [3.63, 3.8) is 0 Å². The van der Waals surface area contributed by atoms with E-state index in [1.165, 1.54) is 0 Å². The molecule has 0 amide bonds. The molecule has 1 aliphatic rings. The fraction of sp³-hybridized carbons (Fsp3) is 0.700. The average molecular weight is 152 g/mol. The van der Waals surface area contributed by atoms with Crippen LogP contribution in [0.3, 0.4) is 0 Å². The molecule has 1 aliphatic carbocycles. The number of carbonyl (C=O) groups excluding carboxylic acids is 1. The highest BCUT2D eigenvalue weighted by atomic mass is 16.1. The molecule has 2 atom stereocenters. The van der Waals surface area contributed by atoms with Crippen LogP contribution in [0, 0.1) is 17.3 Å². The molecule has 0 spiro atoms. The van der Waals surface area contributed by atoms with Gasteiger partial charge in [-0.15, -0.1) is 0 Å². The van der Waals surface area contributed by atoms with E-state index in [9.17, 15) is 4.79 Å². The number of carbonyl (C=O) groups is 1. The van der Waals surface area contributed by atoms with E-state index in [2.05, 4.69) is 26.8 Å². The zero-order chi connectivity index (χ0) is 8.65. The third-order valence-corrected chi connectivity index (χ3v) is 3.09. The summed E-state index contributed by atoms with van der Waals surface area (Å²) >= 11 is 0. The van der Waals surface area contributed by atoms with Gasteiger partial charge in [-0.25, -0.2) is 0 Å². The molecule has 0 saturated heterocycles. The molecule has 1 rings (SSSR count). The van der Waals surface area contributed by atoms with Crippen molar-refractivity contribution in [2.75, 3.05) is 0 Å². The molecule has 11 heavy (non-hydrogen) atoms. The van der Waals surface area contributed by atoms with Crippen molar-refractivity contribution >= 4 is 6.29 Å². The molecule has 2 unspecified atom stereocenters. The van der Waals surface area contributed by atoms with E-state index in [1.807, 2.05) is 6.92 Å². The Balaban J connectivity index is 2.62. The average Bonchev–Trinajstić information content (AvgIpc) is 2.39. The van der Waals surface area contributed by atoms with Crippen molar-refractivity contribution in [1.29, 1.82) is 0 Å². The summed E-state index contributed by atoms with van der Waals surface area (Å²) in [5, 5.41) is 0. The highest BCUT2D eigenvalue weighted by molar-refractivity contribution is 5.72. The van der Waals surface area contributed by atoms with Crippen molar-refractivity contribution in [2.24, 2.45) is 17.3 Å². The van der Waals surface area contributed by atoms with Crippen LogP contribution in [0.4, 0.5) is 0 Å². The Bertz CT molecular complexity index is 201. The number of aldehydes is 1. The molecule has 0 aromatic heterocycles. The molecule has 1 saturated carbocycles. The molecule has 0 N–H and O–H groups in total. The van der Waals surface area contributed by atoms with E-state index in [-0.39, 0.29) is 0 Å². The summed E-state index contributed by atoms with van der Waals surface area (Å²) in [7, 11) is 0. The molecule has 62 valence electrons. The number of allylic oxidation sites excluding steroid dienone is 2. The second kappa shape index (κ2) is 2.47. The second-order valence-corrected chi connectivity index (χ2v) is 4.16. The topological polar surface area (TPSA) is 17.1 Å². The fourth-order valence-corrected chi connectivity index (χ4v) is 1.62. The van der Waals surface area contributed by atoms with E-state index >= 15 is 0 Å². The lowest BCUT2D eigenvalue weighted by molar-refractivity contribution is -0.104. The molecule has 0 radical (unpaired) electrons. The smallest absolute Gasteiger partial charge is 0.145 e. The SMILES string of the molecule is C/C(C=O)=C\C1C(C)C1(C)C. The number of hydrogen-bond donors (Lipinski definition) is 0. The Labute approximate surface area is 68.5 Å². The Morgan fingerprint density at radius 1 is 1.45 bits per heavy atom. The van der Waals surface area contributed by atoms with Gasteiger partial charge in [0.2, 0.25) is 0 Å². The second-order valence-electron chi connectivity index (χ2n) is 4.16. The molecule has 0 bridgehead atoms. The molecular formula is C10H16O. The molecule has 0 aliphatic heterocycles. The van der Waals surface area contributed by atoms with E-state index in [4.69, 9.17) is 0 Å². The first-order valence-corrected chi connectivity index (χ1v) is 4.13. The lowest BCUT2D eigenvalue weighted by Crippen LogP contribution is -1.88. The summed E-state index contributed by atoms with van der Waals surface area (Å²) in [6, 6.07) is 0. The molecule has 1 nitrogen and oxygen atoms in total. The van der Waals surface area contributed by atoms with Crippen molar-refractivity contribution in [1.82, 2.24) is 0 Å². The molecule has 0 aromatic rings. The van der Waals surface area contributed by atoms with E-state index in [0.29, 0.717) is 11.3 Å². The molecule has 1 heteroatoms. The predicted octanol–water partition coefficient (Wildman–Crippen LogP) is 2.42. The Kier molecular flexibility index (Phi) is 1.91. The third-order valence-electron chi connectivity index (χ3n) is 3.09. The summed E-state index contributed by atoms with van der Waals surface area (Å²) in [5.74, 6) is 1.35. The highest BCUT2D eigenvalue weighted by Gasteiger charge is 2.52. The van der Waals surface area contributed by atoms with Crippen LogP contribution in [-0.2, 0) is 4.79 Å². The first-order valence-electron chi connectivity index (χ1n) is 4.13. The Morgan fingerprint density at radius 3 is 2.18 bits per heavy atom. The van der Waals surface area contributed by atoms with Gasteiger partial charge in [-0.3, -0.25) is 4.79 Å². The minimum Gasteiger partial charge on any atom is -0.298 e. The van der Waals surface area contributed by atoms with Crippen LogP contribution in [0.1, 0.15) is 27.7 Å². The van der Waals surface area contributed by atoms with Crippen molar-refractivity contribution in [3.05, 3.63) is 11.6 Å². The van der Waals surface area contributed by atoms with Gasteiger partial charge in [0.1, 0.15) is 6.29 Å². The predicted molar refractivity (Wildman–Crippen MR) is 46.3 cm³/mol.